The summed E-state index contributed by atoms with van der Waals surface area (Å²) in [6.45, 7) is 1.51. The van der Waals surface area contributed by atoms with Crippen LogP contribution in [0.2, 0.25) is 0 Å². The van der Waals surface area contributed by atoms with Gasteiger partial charge in [0.2, 0.25) is 5.43 Å². The lowest BCUT2D eigenvalue weighted by atomic mass is 9.93. The molecule has 3 aromatic rings. The highest BCUT2D eigenvalue weighted by Crippen LogP contribution is 2.46. The molecule has 0 aliphatic carbocycles. The Labute approximate surface area is 208 Å². The summed E-state index contributed by atoms with van der Waals surface area (Å²) in [5, 5.41) is 12.8. The van der Waals surface area contributed by atoms with Crippen molar-refractivity contribution in [1.29, 1.82) is 0 Å². The van der Waals surface area contributed by atoms with Gasteiger partial charge in [0.25, 0.3) is 5.91 Å². The van der Waals surface area contributed by atoms with Gasteiger partial charge in [-0.05, 0) is 42.5 Å². The van der Waals surface area contributed by atoms with Gasteiger partial charge in [-0.3, -0.25) is 19.3 Å². The molecule has 35 heavy (non-hydrogen) atoms. The molecule has 1 aromatic heterocycles. The van der Waals surface area contributed by atoms with Crippen molar-refractivity contribution in [3.8, 4) is 11.5 Å². The van der Waals surface area contributed by atoms with Crippen molar-refractivity contribution < 1.29 is 14.6 Å². The Hall–Kier alpha value is -3.39. The smallest absolute Gasteiger partial charge is 0.277 e. The van der Waals surface area contributed by atoms with Gasteiger partial charge in [0.05, 0.1) is 6.61 Å². The Morgan fingerprint density at radius 2 is 1.86 bits per heavy atom. The van der Waals surface area contributed by atoms with Crippen LogP contribution < -0.4 is 15.2 Å². The van der Waals surface area contributed by atoms with E-state index in [9.17, 15) is 14.7 Å². The molecule has 2 bridgehead atoms. The van der Waals surface area contributed by atoms with Crippen molar-refractivity contribution in [2.45, 2.75) is 43.4 Å². The first-order chi connectivity index (χ1) is 16.6. The Bertz CT molecular complexity index is 1340. The van der Waals surface area contributed by atoms with Gasteiger partial charge in [0.15, 0.2) is 11.4 Å². The minimum absolute atomic E-state index is 0. The lowest BCUT2D eigenvalue weighted by Gasteiger charge is -2.44. The Kier molecular flexibility index (Phi) is 6.23. The number of carbonyl (C=O) groups is 1. The summed E-state index contributed by atoms with van der Waals surface area (Å²) >= 11 is 1.79. The van der Waals surface area contributed by atoms with E-state index in [2.05, 4.69) is 23.2 Å². The van der Waals surface area contributed by atoms with Gasteiger partial charge in [0, 0.05) is 35.0 Å². The second kappa shape index (κ2) is 9.34. The molecule has 0 saturated carbocycles. The molecule has 2 aromatic carbocycles. The van der Waals surface area contributed by atoms with E-state index in [1.165, 1.54) is 11.6 Å². The first kappa shape index (κ1) is 23.4. The quantitative estimate of drug-likeness (QED) is 0.499. The summed E-state index contributed by atoms with van der Waals surface area (Å²) < 4.78 is 8.01. The number of fused-ring (bicyclic) bond motifs is 7. The van der Waals surface area contributed by atoms with Crippen molar-refractivity contribution >= 4 is 17.7 Å². The highest BCUT2D eigenvalue weighted by Gasteiger charge is 2.39. The Balaban J connectivity index is 0.00000253. The number of rotatable bonds is 0. The van der Waals surface area contributed by atoms with Crippen molar-refractivity contribution in [3.63, 3.8) is 0 Å². The fourth-order valence-corrected chi connectivity index (χ4v) is 6.22. The number of hydrogen-bond donors (Lipinski definition) is 1. The van der Waals surface area contributed by atoms with Gasteiger partial charge in [-0.2, -0.15) is 0 Å². The molecule has 3 aliphatic heterocycles. The normalized spacial score (nSPS) is 19.0. The van der Waals surface area contributed by atoms with E-state index in [4.69, 9.17) is 4.74 Å². The van der Waals surface area contributed by atoms with Crippen LogP contribution in [0.1, 0.15) is 59.9 Å². The molecule has 4 heterocycles. The van der Waals surface area contributed by atoms with E-state index in [1.54, 1.807) is 27.5 Å². The zero-order valence-corrected chi connectivity index (χ0v) is 19.5. The summed E-state index contributed by atoms with van der Waals surface area (Å²) in [7, 11) is 0. The maximum Gasteiger partial charge on any atom is 0.277 e. The van der Waals surface area contributed by atoms with Crippen molar-refractivity contribution in [2.24, 2.45) is 0 Å². The molecule has 8 heteroatoms. The van der Waals surface area contributed by atoms with Crippen molar-refractivity contribution in [2.75, 3.05) is 24.8 Å². The molecule has 0 unspecified atom stereocenters. The fourth-order valence-electron chi connectivity index (χ4n) is 5.14. The average molecular weight is 492 g/mol. The Morgan fingerprint density at radius 3 is 2.74 bits per heavy atom. The zero-order valence-electron chi connectivity index (χ0n) is 18.6. The van der Waals surface area contributed by atoms with Gasteiger partial charge < -0.3 is 14.7 Å². The number of nitrogens with zero attached hydrogens (tertiary/aromatic N) is 3. The molecule has 0 spiro atoms. The van der Waals surface area contributed by atoms with E-state index >= 15 is 0 Å². The van der Waals surface area contributed by atoms with Crippen molar-refractivity contribution in [1.82, 2.24) is 9.58 Å². The number of hydrogen-bond acceptors (Lipinski definition) is 6. The molecule has 1 N–H and O–H groups in total. The molecule has 0 saturated heterocycles. The third kappa shape index (κ3) is 3.86. The zero-order chi connectivity index (χ0) is 23.2. The number of aromatic hydroxyl groups is 1. The van der Waals surface area contributed by atoms with Gasteiger partial charge in [0.1, 0.15) is 18.5 Å². The number of pyridine rings is 1. The van der Waals surface area contributed by atoms with Crippen LogP contribution in [-0.4, -0.2) is 40.4 Å². The number of amides is 1. The molecule has 0 fully saturated rings. The number of ether oxygens (including phenoxy) is 1. The SMILES string of the molecule is C.O=C1c2c(O)c(=O)ccn2N2CN1CCCCCOc1cccc3c1[C@H]2c1ccccc1SC3. The summed E-state index contributed by atoms with van der Waals surface area (Å²) in [5.41, 5.74) is 2.82. The first-order valence-electron chi connectivity index (χ1n) is 11.6. The van der Waals surface area contributed by atoms with E-state index in [-0.39, 0.29) is 25.1 Å². The minimum Gasteiger partial charge on any atom is -0.502 e. The fraction of sp³-hybridized carbons (Fsp3) is 0.333. The third-order valence-corrected chi connectivity index (χ3v) is 7.93. The lowest BCUT2D eigenvalue weighted by molar-refractivity contribution is 0.0674. The molecule has 7 nitrogen and oxygen atoms in total. The van der Waals surface area contributed by atoms with E-state index in [0.29, 0.717) is 19.8 Å². The van der Waals surface area contributed by atoms with Crippen LogP contribution in [0.5, 0.6) is 11.5 Å². The molecular weight excluding hydrogens is 462 g/mol. The van der Waals surface area contributed by atoms with Crippen molar-refractivity contribution in [3.05, 3.63) is 87.3 Å². The lowest BCUT2D eigenvalue weighted by Crippen LogP contribution is -2.55. The number of benzene rings is 2. The predicted molar refractivity (Wildman–Crippen MR) is 137 cm³/mol. The number of aromatic nitrogens is 1. The van der Waals surface area contributed by atoms with Crippen LogP contribution in [0.4, 0.5) is 0 Å². The second-order valence-corrected chi connectivity index (χ2v) is 9.86. The van der Waals surface area contributed by atoms with Crippen LogP contribution in [0.3, 0.4) is 0 Å². The molecule has 182 valence electrons. The number of thioether (sulfide) groups is 1. The monoisotopic (exact) mass is 491 g/mol. The topological polar surface area (TPSA) is 75.0 Å². The molecule has 3 aliphatic rings. The average Bonchev–Trinajstić information content (AvgIpc) is 3.01. The van der Waals surface area contributed by atoms with Gasteiger partial charge in [-0.15, -0.1) is 11.8 Å². The van der Waals surface area contributed by atoms with Gasteiger partial charge >= 0.3 is 0 Å². The summed E-state index contributed by atoms with van der Waals surface area (Å²) in [6, 6.07) is 15.6. The summed E-state index contributed by atoms with van der Waals surface area (Å²) in [5.74, 6) is 0.828. The standard InChI is InChI=1S/C26H25N3O4S.CH4/c30-19-11-13-28-24(25(19)31)26(32)27-12-4-1-5-14-33-20-9-6-7-17-15-34-21-10-3-2-8-18(21)23(22(17)20)29(28)16-27;/h2-3,6-11,13,23,31H,1,4-5,12,14-16H2;1H4/t23-;/m1./s1. The summed E-state index contributed by atoms with van der Waals surface area (Å²) in [6.07, 6.45) is 4.24. The minimum atomic E-state index is -0.552. The van der Waals surface area contributed by atoms with Crippen LogP contribution in [0.15, 0.2) is 64.4 Å². The maximum atomic E-state index is 13.4. The molecule has 1 atom stereocenters. The van der Waals surface area contributed by atoms with Crippen LogP contribution in [0.25, 0.3) is 0 Å². The number of carbonyl (C=O) groups excluding carboxylic acids is 1. The third-order valence-electron chi connectivity index (χ3n) is 6.79. The highest BCUT2D eigenvalue weighted by molar-refractivity contribution is 7.98. The first-order valence-corrected chi connectivity index (χ1v) is 12.6. The van der Waals surface area contributed by atoms with E-state index < -0.39 is 11.2 Å². The second-order valence-electron chi connectivity index (χ2n) is 8.84. The molecule has 1 amide bonds. The van der Waals surface area contributed by atoms with Crippen LogP contribution in [-0.2, 0) is 5.75 Å². The predicted octanol–water partition coefficient (Wildman–Crippen LogP) is 4.50. The Morgan fingerprint density at radius 1 is 1.00 bits per heavy atom. The largest absolute Gasteiger partial charge is 0.502 e. The molecule has 0 radical (unpaired) electrons. The molecule has 6 rings (SSSR count). The summed E-state index contributed by atoms with van der Waals surface area (Å²) in [4.78, 5) is 28.6. The van der Waals surface area contributed by atoms with E-state index in [0.717, 1.165) is 46.8 Å². The van der Waals surface area contributed by atoms with Crippen LogP contribution >= 0.6 is 11.8 Å². The van der Waals surface area contributed by atoms with Crippen LogP contribution in [0, 0.1) is 0 Å². The van der Waals surface area contributed by atoms with Gasteiger partial charge in [-0.1, -0.05) is 37.8 Å². The maximum absolute atomic E-state index is 13.4. The highest BCUT2D eigenvalue weighted by atomic mass is 32.2. The van der Waals surface area contributed by atoms with E-state index in [1.807, 2.05) is 24.3 Å². The van der Waals surface area contributed by atoms with Gasteiger partial charge in [-0.25, -0.2) is 0 Å². The molecular formula is C27H29N3O4S.